The van der Waals surface area contributed by atoms with E-state index in [0.29, 0.717) is 31.0 Å². The van der Waals surface area contributed by atoms with Gasteiger partial charge in [-0.1, -0.05) is 12.1 Å². The summed E-state index contributed by atoms with van der Waals surface area (Å²) >= 11 is 0. The fourth-order valence-electron chi connectivity index (χ4n) is 2.05. The average molecular weight is 234 g/mol. The summed E-state index contributed by atoms with van der Waals surface area (Å²) in [5, 5.41) is 0. The van der Waals surface area contributed by atoms with E-state index in [1.165, 1.54) is 0 Å². The van der Waals surface area contributed by atoms with Gasteiger partial charge in [0.2, 0.25) is 0 Å². The number of carbonyl (C=O) groups is 1. The maximum atomic E-state index is 12.4. The number of hydrogen-bond acceptors (Lipinski definition) is 3. The van der Waals surface area contributed by atoms with Crippen molar-refractivity contribution in [1.29, 1.82) is 0 Å². The van der Waals surface area contributed by atoms with Crippen LogP contribution >= 0.6 is 0 Å². The van der Waals surface area contributed by atoms with Gasteiger partial charge in [0.15, 0.2) is 0 Å². The van der Waals surface area contributed by atoms with Crippen LogP contribution in [-0.2, 0) is 4.74 Å². The highest BCUT2D eigenvalue weighted by atomic mass is 16.5. The normalized spacial score (nSPS) is 20.4. The summed E-state index contributed by atoms with van der Waals surface area (Å²) in [5.74, 6) is 0.00185. The Morgan fingerprint density at radius 2 is 2.29 bits per heavy atom. The van der Waals surface area contributed by atoms with E-state index in [1.807, 2.05) is 30.9 Å². The molecule has 1 aromatic rings. The second-order valence-corrected chi connectivity index (χ2v) is 4.46. The van der Waals surface area contributed by atoms with E-state index in [-0.39, 0.29) is 11.9 Å². The van der Waals surface area contributed by atoms with Gasteiger partial charge < -0.3 is 15.4 Å². The summed E-state index contributed by atoms with van der Waals surface area (Å²) in [6.07, 6.45) is 0. The van der Waals surface area contributed by atoms with E-state index in [4.69, 9.17) is 10.5 Å². The van der Waals surface area contributed by atoms with Gasteiger partial charge in [0.05, 0.1) is 24.8 Å². The molecule has 4 heteroatoms. The van der Waals surface area contributed by atoms with E-state index >= 15 is 0 Å². The average Bonchev–Trinajstić information content (AvgIpc) is 2.32. The van der Waals surface area contributed by atoms with Crippen molar-refractivity contribution in [3.63, 3.8) is 0 Å². The number of benzene rings is 1. The largest absolute Gasteiger partial charge is 0.398 e. The van der Waals surface area contributed by atoms with E-state index in [9.17, 15) is 4.79 Å². The van der Waals surface area contributed by atoms with Gasteiger partial charge in [-0.25, -0.2) is 0 Å². The number of nitrogen functional groups attached to an aromatic ring is 1. The van der Waals surface area contributed by atoms with Gasteiger partial charge in [-0.2, -0.15) is 0 Å². The van der Waals surface area contributed by atoms with Crippen LogP contribution in [0.1, 0.15) is 22.8 Å². The first kappa shape index (κ1) is 11.9. The zero-order valence-corrected chi connectivity index (χ0v) is 10.3. The molecular formula is C13H18N2O2. The lowest BCUT2D eigenvalue weighted by Crippen LogP contribution is -2.47. The lowest BCUT2D eigenvalue weighted by Gasteiger charge is -2.33. The van der Waals surface area contributed by atoms with Crippen LogP contribution in [0.25, 0.3) is 0 Å². The Bertz CT molecular complexity index is 431. The molecular weight excluding hydrogens is 216 g/mol. The third kappa shape index (κ3) is 2.26. The van der Waals surface area contributed by atoms with Crippen molar-refractivity contribution in [3.8, 4) is 0 Å². The van der Waals surface area contributed by atoms with Gasteiger partial charge in [0.1, 0.15) is 0 Å². The number of nitrogens with two attached hydrogens (primary N) is 1. The molecule has 1 saturated heterocycles. The van der Waals surface area contributed by atoms with E-state index in [1.54, 1.807) is 6.07 Å². The number of hydrogen-bond donors (Lipinski definition) is 1. The summed E-state index contributed by atoms with van der Waals surface area (Å²) < 4.78 is 5.33. The summed E-state index contributed by atoms with van der Waals surface area (Å²) in [6.45, 7) is 5.73. The van der Waals surface area contributed by atoms with Gasteiger partial charge in [-0.05, 0) is 25.5 Å². The van der Waals surface area contributed by atoms with E-state index in [2.05, 4.69) is 0 Å². The maximum absolute atomic E-state index is 12.4. The minimum atomic E-state index is 0.00185. The first-order valence-corrected chi connectivity index (χ1v) is 5.85. The third-order valence-electron chi connectivity index (χ3n) is 3.18. The molecule has 1 aliphatic rings. The number of rotatable bonds is 1. The molecule has 4 nitrogen and oxygen atoms in total. The molecule has 2 N–H and O–H groups in total. The lowest BCUT2D eigenvalue weighted by atomic mass is 10.1. The number of nitrogens with zero attached hydrogens (tertiary/aromatic N) is 1. The van der Waals surface area contributed by atoms with Crippen molar-refractivity contribution in [2.75, 3.05) is 25.5 Å². The van der Waals surface area contributed by atoms with Crippen LogP contribution < -0.4 is 5.73 Å². The second kappa shape index (κ2) is 4.75. The highest BCUT2D eigenvalue weighted by Gasteiger charge is 2.26. The van der Waals surface area contributed by atoms with Crippen molar-refractivity contribution in [2.45, 2.75) is 19.9 Å². The first-order valence-electron chi connectivity index (χ1n) is 5.85. The number of aryl methyl sites for hydroxylation is 1. The molecule has 1 atom stereocenters. The van der Waals surface area contributed by atoms with Crippen LogP contribution in [0.2, 0.25) is 0 Å². The van der Waals surface area contributed by atoms with E-state index in [0.717, 1.165) is 5.56 Å². The molecule has 1 aliphatic heterocycles. The molecule has 0 spiro atoms. The van der Waals surface area contributed by atoms with Gasteiger partial charge >= 0.3 is 0 Å². The van der Waals surface area contributed by atoms with Crippen LogP contribution in [0.3, 0.4) is 0 Å². The van der Waals surface area contributed by atoms with Gasteiger partial charge in [0, 0.05) is 12.2 Å². The standard InChI is InChI=1S/C13H18N2O2/c1-9-4-3-5-11(12(9)14)13(16)15-6-7-17-8-10(15)2/h3-5,10H,6-8,14H2,1-2H3. The molecule has 92 valence electrons. The Balaban J connectivity index is 2.27. The Morgan fingerprint density at radius 3 is 3.00 bits per heavy atom. The molecule has 0 aromatic heterocycles. The van der Waals surface area contributed by atoms with Crippen LogP contribution in [0, 0.1) is 6.92 Å². The lowest BCUT2D eigenvalue weighted by molar-refractivity contribution is 0.00365. The molecule has 1 fully saturated rings. The van der Waals surface area contributed by atoms with Crippen molar-refractivity contribution in [1.82, 2.24) is 4.90 Å². The van der Waals surface area contributed by atoms with Crippen LogP contribution in [0.5, 0.6) is 0 Å². The number of para-hydroxylation sites is 1. The summed E-state index contributed by atoms with van der Waals surface area (Å²) in [5.41, 5.74) is 8.07. The van der Waals surface area contributed by atoms with Crippen LogP contribution in [0.4, 0.5) is 5.69 Å². The summed E-state index contributed by atoms with van der Waals surface area (Å²) in [7, 11) is 0. The quantitative estimate of drug-likeness (QED) is 0.748. The van der Waals surface area contributed by atoms with Crippen LogP contribution in [-0.4, -0.2) is 36.6 Å². The Labute approximate surface area is 101 Å². The summed E-state index contributed by atoms with van der Waals surface area (Å²) in [6, 6.07) is 5.67. The molecule has 17 heavy (non-hydrogen) atoms. The number of morpholine rings is 1. The second-order valence-electron chi connectivity index (χ2n) is 4.46. The molecule has 0 aliphatic carbocycles. The molecule has 2 rings (SSSR count). The maximum Gasteiger partial charge on any atom is 0.256 e. The smallest absolute Gasteiger partial charge is 0.256 e. The Morgan fingerprint density at radius 1 is 1.53 bits per heavy atom. The third-order valence-corrected chi connectivity index (χ3v) is 3.18. The first-order chi connectivity index (χ1) is 8.11. The zero-order valence-electron chi connectivity index (χ0n) is 10.3. The molecule has 0 radical (unpaired) electrons. The minimum Gasteiger partial charge on any atom is -0.398 e. The highest BCUT2D eigenvalue weighted by Crippen LogP contribution is 2.20. The predicted molar refractivity (Wildman–Crippen MR) is 66.9 cm³/mol. The number of anilines is 1. The monoisotopic (exact) mass is 234 g/mol. The molecule has 1 aromatic carbocycles. The van der Waals surface area contributed by atoms with Crippen molar-refractivity contribution in [2.24, 2.45) is 0 Å². The van der Waals surface area contributed by atoms with E-state index < -0.39 is 0 Å². The van der Waals surface area contributed by atoms with Crippen molar-refractivity contribution in [3.05, 3.63) is 29.3 Å². The SMILES string of the molecule is Cc1cccc(C(=O)N2CCOCC2C)c1N. The van der Waals surface area contributed by atoms with Crippen molar-refractivity contribution < 1.29 is 9.53 Å². The van der Waals surface area contributed by atoms with Gasteiger partial charge in [-0.3, -0.25) is 4.79 Å². The number of carbonyl (C=O) groups excluding carboxylic acids is 1. The van der Waals surface area contributed by atoms with Gasteiger partial charge in [0.25, 0.3) is 5.91 Å². The number of ether oxygens (including phenoxy) is 1. The Hall–Kier alpha value is -1.55. The topological polar surface area (TPSA) is 55.6 Å². The Kier molecular flexibility index (Phi) is 3.33. The molecule has 1 heterocycles. The predicted octanol–water partition coefficient (Wildman–Crippen LogP) is 1.44. The molecule has 0 bridgehead atoms. The highest BCUT2D eigenvalue weighted by molar-refractivity contribution is 5.99. The van der Waals surface area contributed by atoms with Crippen LogP contribution in [0.15, 0.2) is 18.2 Å². The fraction of sp³-hybridized carbons (Fsp3) is 0.462. The fourth-order valence-corrected chi connectivity index (χ4v) is 2.05. The zero-order chi connectivity index (χ0) is 12.4. The summed E-state index contributed by atoms with van der Waals surface area (Å²) in [4.78, 5) is 14.2. The van der Waals surface area contributed by atoms with Crippen molar-refractivity contribution >= 4 is 11.6 Å². The minimum absolute atomic E-state index is 0.00185. The molecule has 1 amide bonds. The molecule has 0 saturated carbocycles. The van der Waals surface area contributed by atoms with Gasteiger partial charge in [-0.15, -0.1) is 0 Å². The number of amides is 1. The molecule has 1 unspecified atom stereocenters.